The van der Waals surface area contributed by atoms with E-state index in [9.17, 15) is 0 Å². The number of thiazole rings is 1. The van der Waals surface area contributed by atoms with Gasteiger partial charge in [0.15, 0.2) is 5.82 Å². The Bertz CT molecular complexity index is 836. The van der Waals surface area contributed by atoms with Crippen LogP contribution in [0.3, 0.4) is 0 Å². The molecule has 1 fully saturated rings. The molecule has 5 rings (SSSR count). The van der Waals surface area contributed by atoms with Crippen molar-refractivity contribution in [2.75, 3.05) is 6.61 Å². The summed E-state index contributed by atoms with van der Waals surface area (Å²) in [5, 5.41) is 9.87. The number of para-hydroxylation sites is 1. The molecule has 2 aliphatic rings. The molecular formula is C17H19N5OS. The van der Waals surface area contributed by atoms with E-state index in [4.69, 9.17) is 9.72 Å². The van der Waals surface area contributed by atoms with Gasteiger partial charge in [-0.1, -0.05) is 12.1 Å². The zero-order valence-corrected chi connectivity index (χ0v) is 14.2. The predicted molar refractivity (Wildman–Crippen MR) is 91.6 cm³/mol. The molecule has 124 valence electrons. The van der Waals surface area contributed by atoms with Crippen molar-refractivity contribution in [3.05, 3.63) is 40.9 Å². The van der Waals surface area contributed by atoms with Crippen LogP contribution in [0.1, 0.15) is 29.5 Å². The minimum Gasteiger partial charge on any atom is -0.372 e. The summed E-state index contributed by atoms with van der Waals surface area (Å²) < 4.78 is 8.94. The first-order valence-corrected chi connectivity index (χ1v) is 9.26. The van der Waals surface area contributed by atoms with Crippen LogP contribution in [0, 0.1) is 0 Å². The smallest absolute Gasteiger partial charge is 0.159 e. The average Bonchev–Trinajstić information content (AvgIpc) is 3.26. The fourth-order valence-corrected chi connectivity index (χ4v) is 4.26. The average molecular weight is 341 g/mol. The number of aromatic nitrogens is 4. The number of nitrogens with zero attached hydrogens (tertiary/aromatic N) is 5. The molecule has 0 bridgehead atoms. The standard InChI is InChI=1S/C17H19N5OS/c1-2-4-14-13(3-1)18-17(24-14)10-21(12-5-6-12)9-15-19-20-16-11-23-8-7-22(15)16/h1-4,12H,5-11H2. The molecule has 7 heteroatoms. The first-order valence-electron chi connectivity index (χ1n) is 8.44. The molecule has 0 radical (unpaired) electrons. The molecule has 1 aromatic carbocycles. The number of benzene rings is 1. The highest BCUT2D eigenvalue weighted by Gasteiger charge is 2.31. The molecule has 1 aliphatic carbocycles. The molecule has 2 aromatic heterocycles. The van der Waals surface area contributed by atoms with Crippen molar-refractivity contribution in [1.82, 2.24) is 24.6 Å². The lowest BCUT2D eigenvalue weighted by molar-refractivity contribution is 0.0794. The van der Waals surface area contributed by atoms with Gasteiger partial charge in [0.1, 0.15) is 17.4 Å². The first-order chi connectivity index (χ1) is 11.9. The van der Waals surface area contributed by atoms with Crippen LogP contribution in [-0.4, -0.2) is 37.3 Å². The lowest BCUT2D eigenvalue weighted by Gasteiger charge is -2.22. The summed E-state index contributed by atoms with van der Waals surface area (Å²) in [5.74, 6) is 2.01. The van der Waals surface area contributed by atoms with Crippen molar-refractivity contribution < 1.29 is 4.74 Å². The van der Waals surface area contributed by atoms with Crippen molar-refractivity contribution in [1.29, 1.82) is 0 Å². The molecule has 3 aromatic rings. The van der Waals surface area contributed by atoms with E-state index < -0.39 is 0 Å². The van der Waals surface area contributed by atoms with Crippen molar-refractivity contribution in [3.63, 3.8) is 0 Å². The molecule has 1 aliphatic heterocycles. The van der Waals surface area contributed by atoms with E-state index in [1.165, 1.54) is 22.5 Å². The summed E-state index contributed by atoms with van der Waals surface area (Å²) in [6.45, 7) is 3.92. The Morgan fingerprint density at radius 1 is 1.21 bits per heavy atom. The third-order valence-corrected chi connectivity index (χ3v) is 5.70. The lowest BCUT2D eigenvalue weighted by Crippen LogP contribution is -2.28. The van der Waals surface area contributed by atoms with Crippen molar-refractivity contribution >= 4 is 21.6 Å². The maximum atomic E-state index is 5.46. The van der Waals surface area contributed by atoms with Crippen LogP contribution in [0.4, 0.5) is 0 Å². The minimum atomic E-state index is 0.578. The summed E-state index contributed by atoms with van der Waals surface area (Å²) in [6.07, 6.45) is 2.55. The summed E-state index contributed by atoms with van der Waals surface area (Å²) in [4.78, 5) is 7.30. The lowest BCUT2D eigenvalue weighted by atomic mass is 10.3. The highest BCUT2D eigenvalue weighted by Crippen LogP contribution is 2.31. The molecule has 0 amide bonds. The monoisotopic (exact) mass is 341 g/mol. The Hall–Kier alpha value is -1.83. The van der Waals surface area contributed by atoms with Crippen LogP contribution in [-0.2, 0) is 31.0 Å². The van der Waals surface area contributed by atoms with Crippen molar-refractivity contribution in [3.8, 4) is 0 Å². The highest BCUT2D eigenvalue weighted by atomic mass is 32.1. The normalized spacial score (nSPS) is 17.5. The van der Waals surface area contributed by atoms with Crippen LogP contribution >= 0.6 is 11.3 Å². The van der Waals surface area contributed by atoms with E-state index in [1.807, 2.05) is 0 Å². The second-order valence-corrected chi connectivity index (χ2v) is 7.56. The van der Waals surface area contributed by atoms with Gasteiger partial charge in [0.25, 0.3) is 0 Å². The Kier molecular flexibility index (Phi) is 3.57. The first kappa shape index (κ1) is 14.5. The van der Waals surface area contributed by atoms with E-state index in [1.54, 1.807) is 11.3 Å². The molecule has 0 unspecified atom stereocenters. The van der Waals surface area contributed by atoms with Crippen LogP contribution in [0.5, 0.6) is 0 Å². The Morgan fingerprint density at radius 3 is 3.00 bits per heavy atom. The fourth-order valence-electron chi connectivity index (χ4n) is 3.27. The number of fused-ring (bicyclic) bond motifs is 2. The summed E-state index contributed by atoms with van der Waals surface area (Å²) in [5.41, 5.74) is 1.10. The van der Waals surface area contributed by atoms with Gasteiger partial charge in [-0.3, -0.25) is 4.90 Å². The van der Waals surface area contributed by atoms with Gasteiger partial charge in [0, 0.05) is 12.6 Å². The van der Waals surface area contributed by atoms with Crippen molar-refractivity contribution in [2.24, 2.45) is 0 Å². The SMILES string of the molecule is c1ccc2sc(CN(Cc3nnc4n3CCOC4)C3CC3)nc2c1. The van der Waals surface area contributed by atoms with E-state index in [0.29, 0.717) is 12.6 Å². The molecule has 24 heavy (non-hydrogen) atoms. The third-order valence-electron chi connectivity index (χ3n) is 4.68. The molecule has 1 saturated carbocycles. The third kappa shape index (κ3) is 2.72. The van der Waals surface area contributed by atoms with Gasteiger partial charge in [-0.15, -0.1) is 21.5 Å². The summed E-state index contributed by atoms with van der Waals surface area (Å²) >= 11 is 1.80. The van der Waals surface area contributed by atoms with Crippen LogP contribution in [0.2, 0.25) is 0 Å². The number of ether oxygens (including phenoxy) is 1. The molecule has 0 atom stereocenters. The molecule has 3 heterocycles. The van der Waals surface area contributed by atoms with Gasteiger partial charge < -0.3 is 9.30 Å². The molecule has 0 saturated heterocycles. The quantitative estimate of drug-likeness (QED) is 0.714. The van der Waals surface area contributed by atoms with Gasteiger partial charge in [-0.05, 0) is 25.0 Å². The van der Waals surface area contributed by atoms with Gasteiger partial charge in [-0.2, -0.15) is 0 Å². The Morgan fingerprint density at radius 2 is 2.12 bits per heavy atom. The predicted octanol–water partition coefficient (Wildman–Crippen LogP) is 2.58. The van der Waals surface area contributed by atoms with Gasteiger partial charge in [0.05, 0.1) is 29.9 Å². The Balaban J connectivity index is 1.38. The second-order valence-electron chi connectivity index (χ2n) is 6.45. The van der Waals surface area contributed by atoms with Gasteiger partial charge in [0.2, 0.25) is 0 Å². The zero-order valence-electron chi connectivity index (χ0n) is 13.4. The molecule has 6 nitrogen and oxygen atoms in total. The van der Waals surface area contributed by atoms with Crippen LogP contribution in [0.25, 0.3) is 10.2 Å². The second kappa shape index (κ2) is 5.91. The molecular weight excluding hydrogens is 322 g/mol. The molecule has 0 N–H and O–H groups in total. The zero-order chi connectivity index (χ0) is 15.9. The topological polar surface area (TPSA) is 56.1 Å². The van der Waals surface area contributed by atoms with Crippen molar-refractivity contribution in [2.45, 2.75) is 45.1 Å². The van der Waals surface area contributed by atoms with E-state index in [0.717, 1.165) is 43.4 Å². The van der Waals surface area contributed by atoms with Gasteiger partial charge in [-0.25, -0.2) is 4.98 Å². The van der Waals surface area contributed by atoms with Gasteiger partial charge >= 0.3 is 0 Å². The highest BCUT2D eigenvalue weighted by molar-refractivity contribution is 7.18. The minimum absolute atomic E-state index is 0.578. The number of hydrogen-bond donors (Lipinski definition) is 0. The maximum absolute atomic E-state index is 5.46. The Labute approximate surface area is 144 Å². The summed E-state index contributed by atoms with van der Waals surface area (Å²) in [6, 6.07) is 9.02. The fraction of sp³-hybridized carbons (Fsp3) is 0.471. The summed E-state index contributed by atoms with van der Waals surface area (Å²) in [7, 11) is 0. The van der Waals surface area contributed by atoms with Crippen LogP contribution < -0.4 is 0 Å². The largest absolute Gasteiger partial charge is 0.372 e. The van der Waals surface area contributed by atoms with Crippen LogP contribution in [0.15, 0.2) is 24.3 Å². The number of rotatable bonds is 5. The van der Waals surface area contributed by atoms with E-state index in [-0.39, 0.29) is 0 Å². The number of hydrogen-bond acceptors (Lipinski definition) is 6. The maximum Gasteiger partial charge on any atom is 0.159 e. The van der Waals surface area contributed by atoms with E-state index >= 15 is 0 Å². The molecule has 0 spiro atoms. The van der Waals surface area contributed by atoms with E-state index in [2.05, 4.69) is 43.9 Å².